The van der Waals surface area contributed by atoms with Gasteiger partial charge in [0.15, 0.2) is 0 Å². The molecular weight excluding hydrogens is 342 g/mol. The Kier molecular flexibility index (Phi) is 4.86. The minimum absolute atomic E-state index is 0.124. The number of rotatable bonds is 5. The Hall–Kier alpha value is -3.05. The van der Waals surface area contributed by atoms with E-state index in [0.717, 1.165) is 5.56 Å². The quantitative estimate of drug-likeness (QED) is 0.709. The molecule has 6 heteroatoms. The van der Waals surface area contributed by atoms with E-state index in [-0.39, 0.29) is 17.1 Å². The normalized spacial score (nSPS) is 10.4. The van der Waals surface area contributed by atoms with Crippen LogP contribution in [0.5, 0.6) is 11.5 Å². The number of aromatic nitrogens is 1. The molecule has 5 nitrogen and oxygen atoms in total. The summed E-state index contributed by atoms with van der Waals surface area (Å²) in [4.78, 5) is 15.1. The summed E-state index contributed by atoms with van der Waals surface area (Å²) in [5.41, 5.74) is 1.49. The first-order valence-electron chi connectivity index (χ1n) is 7.44. The molecule has 0 radical (unpaired) electrons. The summed E-state index contributed by atoms with van der Waals surface area (Å²) in [5.74, 6) is -0.873. The Bertz CT molecular complexity index is 913. The molecule has 0 saturated carbocycles. The average molecular weight is 356 g/mol. The number of aromatic carboxylic acids is 1. The molecule has 0 spiro atoms. The van der Waals surface area contributed by atoms with Gasteiger partial charge in [0.25, 0.3) is 0 Å². The highest BCUT2D eigenvalue weighted by molar-refractivity contribution is 6.32. The molecule has 0 saturated heterocycles. The smallest absolute Gasteiger partial charge is 0.354 e. The number of nitrogens with zero attached hydrogens (tertiary/aromatic N) is 1. The highest BCUT2D eigenvalue weighted by Gasteiger charge is 2.13. The number of halogens is 1. The average Bonchev–Trinajstić information content (AvgIpc) is 2.62. The third-order valence-corrected chi connectivity index (χ3v) is 3.85. The third-order valence-electron chi connectivity index (χ3n) is 3.53. The lowest BCUT2D eigenvalue weighted by Crippen LogP contribution is -2.01. The fraction of sp³-hybridized carbons (Fsp3) is 0.0526. The van der Waals surface area contributed by atoms with Gasteiger partial charge in [0.05, 0.1) is 5.02 Å². The topological polar surface area (TPSA) is 79.7 Å². The van der Waals surface area contributed by atoms with Gasteiger partial charge >= 0.3 is 5.97 Å². The molecular formula is C19H14ClNO4. The molecule has 2 aromatic carbocycles. The second-order valence-electron chi connectivity index (χ2n) is 5.29. The zero-order chi connectivity index (χ0) is 17.8. The molecule has 126 valence electrons. The minimum Gasteiger partial charge on any atom is -0.506 e. The molecule has 1 heterocycles. The fourth-order valence-electron chi connectivity index (χ4n) is 2.28. The molecule has 25 heavy (non-hydrogen) atoms. The third kappa shape index (κ3) is 3.89. The van der Waals surface area contributed by atoms with Crippen LogP contribution in [-0.4, -0.2) is 21.2 Å². The van der Waals surface area contributed by atoms with Gasteiger partial charge in [-0.25, -0.2) is 9.78 Å². The molecule has 0 fully saturated rings. The number of carboxylic acids is 1. The van der Waals surface area contributed by atoms with Crippen LogP contribution < -0.4 is 4.74 Å². The number of hydrogen-bond acceptors (Lipinski definition) is 4. The number of pyridine rings is 1. The summed E-state index contributed by atoms with van der Waals surface area (Å²) in [7, 11) is 0. The van der Waals surface area contributed by atoms with Crippen molar-refractivity contribution in [2.45, 2.75) is 6.61 Å². The van der Waals surface area contributed by atoms with Crippen molar-refractivity contribution in [3.8, 4) is 22.8 Å². The molecule has 3 rings (SSSR count). The number of benzene rings is 2. The highest BCUT2D eigenvalue weighted by atomic mass is 35.5. The van der Waals surface area contributed by atoms with Crippen molar-refractivity contribution in [1.29, 1.82) is 0 Å². The maximum Gasteiger partial charge on any atom is 0.354 e. The Morgan fingerprint density at radius 2 is 1.84 bits per heavy atom. The van der Waals surface area contributed by atoms with Crippen LogP contribution in [0.3, 0.4) is 0 Å². The lowest BCUT2D eigenvalue weighted by atomic mass is 10.1. The molecule has 3 aromatic rings. The largest absolute Gasteiger partial charge is 0.506 e. The van der Waals surface area contributed by atoms with Gasteiger partial charge in [-0.2, -0.15) is 0 Å². The molecule has 0 bridgehead atoms. The predicted octanol–water partition coefficient (Wildman–Crippen LogP) is 4.38. The number of hydrogen-bond donors (Lipinski definition) is 2. The molecule has 0 aliphatic heterocycles. The van der Waals surface area contributed by atoms with Crippen LogP contribution in [0.25, 0.3) is 11.3 Å². The van der Waals surface area contributed by atoms with E-state index in [0.29, 0.717) is 22.9 Å². The van der Waals surface area contributed by atoms with Gasteiger partial charge in [-0.15, -0.1) is 0 Å². The molecule has 0 amide bonds. The maximum absolute atomic E-state index is 11.1. The summed E-state index contributed by atoms with van der Waals surface area (Å²) in [5, 5.41) is 19.5. The Morgan fingerprint density at radius 1 is 1.08 bits per heavy atom. The van der Waals surface area contributed by atoms with Crippen LogP contribution in [-0.2, 0) is 6.61 Å². The molecule has 0 unspecified atom stereocenters. The highest BCUT2D eigenvalue weighted by Crippen LogP contribution is 2.34. The molecule has 1 aromatic heterocycles. The van der Waals surface area contributed by atoms with Crippen LogP contribution in [0.1, 0.15) is 16.1 Å². The van der Waals surface area contributed by atoms with Crippen LogP contribution in [0, 0.1) is 0 Å². The van der Waals surface area contributed by atoms with E-state index < -0.39 is 5.97 Å². The lowest BCUT2D eigenvalue weighted by molar-refractivity contribution is 0.0690. The number of carbonyl (C=O) groups is 1. The van der Waals surface area contributed by atoms with Gasteiger partial charge in [-0.3, -0.25) is 0 Å². The monoisotopic (exact) mass is 355 g/mol. The minimum atomic E-state index is -1.17. The van der Waals surface area contributed by atoms with Crippen LogP contribution in [0.2, 0.25) is 5.02 Å². The number of carboxylic acid groups (broad SMARTS) is 1. The summed E-state index contributed by atoms with van der Waals surface area (Å²) < 4.78 is 5.74. The van der Waals surface area contributed by atoms with Gasteiger partial charge in [-0.05, 0) is 29.8 Å². The molecule has 0 atom stereocenters. The first-order valence-corrected chi connectivity index (χ1v) is 7.82. The zero-order valence-corrected chi connectivity index (χ0v) is 13.8. The standard InChI is InChI=1S/C19H14ClNO4/c20-14-7-6-13(18-16(22)9-8-15(21-18)19(23)24)10-17(14)25-11-12-4-2-1-3-5-12/h1-10,22H,11H2,(H,23,24). The lowest BCUT2D eigenvalue weighted by Gasteiger charge is -2.11. The van der Waals surface area contributed by atoms with Crippen molar-refractivity contribution in [3.05, 3.63) is 76.9 Å². The maximum atomic E-state index is 11.1. The van der Waals surface area contributed by atoms with Gasteiger partial charge in [0.1, 0.15) is 29.5 Å². The van der Waals surface area contributed by atoms with Crippen molar-refractivity contribution in [2.75, 3.05) is 0 Å². The van der Waals surface area contributed by atoms with Crippen molar-refractivity contribution < 1.29 is 19.7 Å². The van der Waals surface area contributed by atoms with Gasteiger partial charge in [0, 0.05) is 5.56 Å². The van der Waals surface area contributed by atoms with Gasteiger partial charge in [0.2, 0.25) is 0 Å². The van der Waals surface area contributed by atoms with Crippen molar-refractivity contribution in [2.24, 2.45) is 0 Å². The van der Waals surface area contributed by atoms with Crippen LogP contribution in [0.4, 0.5) is 0 Å². The SMILES string of the molecule is O=C(O)c1ccc(O)c(-c2ccc(Cl)c(OCc3ccccc3)c2)n1. The van der Waals surface area contributed by atoms with Crippen molar-refractivity contribution in [3.63, 3.8) is 0 Å². The predicted molar refractivity (Wildman–Crippen MR) is 94.1 cm³/mol. The number of ether oxygens (including phenoxy) is 1. The van der Waals surface area contributed by atoms with E-state index in [4.69, 9.17) is 21.4 Å². The van der Waals surface area contributed by atoms with Gasteiger partial charge < -0.3 is 14.9 Å². The molecule has 0 aliphatic rings. The van der Waals surface area contributed by atoms with Crippen LogP contribution in [0.15, 0.2) is 60.7 Å². The molecule has 2 N–H and O–H groups in total. The second-order valence-corrected chi connectivity index (χ2v) is 5.70. The Morgan fingerprint density at radius 3 is 2.56 bits per heavy atom. The van der Waals surface area contributed by atoms with Crippen molar-refractivity contribution in [1.82, 2.24) is 4.98 Å². The number of aromatic hydroxyl groups is 1. The second kappa shape index (κ2) is 7.23. The van der Waals surface area contributed by atoms with E-state index >= 15 is 0 Å². The van der Waals surface area contributed by atoms with E-state index in [1.165, 1.54) is 12.1 Å². The first-order chi connectivity index (χ1) is 12.0. The summed E-state index contributed by atoms with van der Waals surface area (Å²) >= 11 is 6.17. The summed E-state index contributed by atoms with van der Waals surface area (Å²) in [6, 6.07) is 17.0. The van der Waals surface area contributed by atoms with E-state index in [1.54, 1.807) is 18.2 Å². The summed E-state index contributed by atoms with van der Waals surface area (Å²) in [6.45, 7) is 0.332. The molecule has 0 aliphatic carbocycles. The zero-order valence-electron chi connectivity index (χ0n) is 13.0. The van der Waals surface area contributed by atoms with E-state index in [1.807, 2.05) is 30.3 Å². The Labute approximate surface area is 149 Å². The Balaban J connectivity index is 1.91. The van der Waals surface area contributed by atoms with Gasteiger partial charge in [-0.1, -0.05) is 48.0 Å². The van der Waals surface area contributed by atoms with Crippen molar-refractivity contribution >= 4 is 17.6 Å². The first kappa shape index (κ1) is 16.8. The van der Waals surface area contributed by atoms with E-state index in [9.17, 15) is 9.90 Å². The van der Waals surface area contributed by atoms with E-state index in [2.05, 4.69) is 4.98 Å². The van der Waals surface area contributed by atoms with Crippen LogP contribution >= 0.6 is 11.6 Å². The summed E-state index contributed by atoms with van der Waals surface area (Å²) in [6.07, 6.45) is 0. The fourth-order valence-corrected chi connectivity index (χ4v) is 2.45.